The van der Waals surface area contributed by atoms with Crippen LogP contribution in [0.5, 0.6) is 11.5 Å². The van der Waals surface area contributed by atoms with Gasteiger partial charge in [0, 0.05) is 6.92 Å². The molecule has 0 saturated carbocycles. The first kappa shape index (κ1) is 27.9. The minimum Gasteiger partial charge on any atom is -0.503 e. The molecule has 10 heteroatoms. The van der Waals surface area contributed by atoms with Crippen LogP contribution in [0.1, 0.15) is 62.7 Å². The molecule has 5 rings (SSSR count). The maximum absolute atomic E-state index is 13.7. The molecule has 0 saturated heterocycles. The number of aliphatic hydroxyl groups excluding tert-OH is 1. The number of benzene rings is 2. The smallest absolute Gasteiger partial charge is 0.296 e. The number of rotatable bonds is 10. The molecule has 3 heterocycles. The summed E-state index contributed by atoms with van der Waals surface area (Å²) >= 11 is 1.02. The van der Waals surface area contributed by atoms with Crippen LogP contribution in [-0.2, 0) is 11.4 Å². The van der Waals surface area contributed by atoms with Gasteiger partial charge in [-0.25, -0.2) is 4.98 Å². The van der Waals surface area contributed by atoms with E-state index in [4.69, 9.17) is 13.9 Å². The molecule has 9 nitrogen and oxygen atoms in total. The fourth-order valence-electron chi connectivity index (χ4n) is 4.67. The van der Waals surface area contributed by atoms with Gasteiger partial charge in [0.1, 0.15) is 12.4 Å². The third-order valence-corrected chi connectivity index (χ3v) is 7.81. The molecule has 210 valence electrons. The van der Waals surface area contributed by atoms with Gasteiger partial charge in [-0.3, -0.25) is 19.3 Å². The quantitative estimate of drug-likeness (QED) is 0.219. The molecule has 2 aromatic carbocycles. The number of anilines is 1. The lowest BCUT2D eigenvalue weighted by Crippen LogP contribution is -2.31. The molecule has 1 amide bonds. The van der Waals surface area contributed by atoms with Crippen molar-refractivity contribution in [2.45, 2.75) is 40.3 Å². The van der Waals surface area contributed by atoms with Gasteiger partial charge in [-0.05, 0) is 56.2 Å². The number of Topliss-reactive ketones (excluding diaryl/α,β-unsaturated/α-hetero) is 2. The van der Waals surface area contributed by atoms with E-state index in [1.807, 2.05) is 37.3 Å². The first-order valence-electron chi connectivity index (χ1n) is 13.0. The summed E-state index contributed by atoms with van der Waals surface area (Å²) in [5.74, 6) is -1.00. The minimum atomic E-state index is -1.08. The molecule has 41 heavy (non-hydrogen) atoms. The second kappa shape index (κ2) is 11.4. The van der Waals surface area contributed by atoms with E-state index in [0.29, 0.717) is 46.6 Å². The summed E-state index contributed by atoms with van der Waals surface area (Å²) in [7, 11) is 0. The van der Waals surface area contributed by atoms with E-state index in [1.54, 1.807) is 38.1 Å². The molecule has 0 fully saturated rings. The lowest BCUT2D eigenvalue weighted by atomic mass is 9.95. The first-order valence-corrected chi connectivity index (χ1v) is 13.8. The Morgan fingerprint density at radius 2 is 1.80 bits per heavy atom. The van der Waals surface area contributed by atoms with Crippen LogP contribution in [0.4, 0.5) is 5.13 Å². The highest BCUT2D eigenvalue weighted by Gasteiger charge is 2.47. The van der Waals surface area contributed by atoms with Crippen molar-refractivity contribution in [3.05, 3.63) is 105 Å². The van der Waals surface area contributed by atoms with Gasteiger partial charge in [0.15, 0.2) is 33.9 Å². The summed E-state index contributed by atoms with van der Waals surface area (Å²) in [6.45, 7) is 7.26. The van der Waals surface area contributed by atoms with E-state index in [-0.39, 0.29) is 22.2 Å². The summed E-state index contributed by atoms with van der Waals surface area (Å²) in [6, 6.07) is 16.8. The van der Waals surface area contributed by atoms with Crippen molar-refractivity contribution in [2.75, 3.05) is 11.5 Å². The molecule has 1 aliphatic rings. The molecule has 1 N–H and O–H groups in total. The predicted octanol–water partition coefficient (Wildman–Crippen LogP) is 6.32. The third-order valence-electron chi connectivity index (χ3n) is 6.55. The van der Waals surface area contributed by atoms with Crippen molar-refractivity contribution in [3.63, 3.8) is 0 Å². The number of aliphatic hydroxyl groups is 1. The number of ether oxygens (including phenoxy) is 2. The van der Waals surface area contributed by atoms with Gasteiger partial charge in [0.05, 0.1) is 28.8 Å². The van der Waals surface area contributed by atoms with Crippen LogP contribution in [0.3, 0.4) is 0 Å². The van der Waals surface area contributed by atoms with Crippen LogP contribution in [0.2, 0.25) is 0 Å². The molecule has 0 spiro atoms. The first-order chi connectivity index (χ1) is 19.7. The lowest BCUT2D eigenvalue weighted by Gasteiger charge is -2.25. The van der Waals surface area contributed by atoms with Crippen LogP contribution in [0.15, 0.2) is 76.4 Å². The van der Waals surface area contributed by atoms with Crippen molar-refractivity contribution < 1.29 is 33.4 Å². The number of hydrogen-bond donors (Lipinski definition) is 1. The van der Waals surface area contributed by atoms with Gasteiger partial charge < -0.3 is 19.0 Å². The van der Waals surface area contributed by atoms with Gasteiger partial charge in [-0.2, -0.15) is 0 Å². The highest BCUT2D eigenvalue weighted by Crippen LogP contribution is 2.45. The summed E-state index contributed by atoms with van der Waals surface area (Å²) in [6.07, 6.45) is 0. The number of aromatic nitrogens is 1. The van der Waals surface area contributed by atoms with Crippen molar-refractivity contribution in [1.29, 1.82) is 0 Å². The highest BCUT2D eigenvalue weighted by atomic mass is 32.1. The number of amides is 1. The van der Waals surface area contributed by atoms with E-state index >= 15 is 0 Å². The molecule has 0 radical (unpaired) electrons. The number of thiazole rings is 1. The number of hydrogen-bond acceptors (Lipinski definition) is 9. The molecule has 4 aromatic rings. The van der Waals surface area contributed by atoms with Crippen LogP contribution < -0.4 is 14.4 Å². The lowest BCUT2D eigenvalue weighted by molar-refractivity contribution is -0.117. The van der Waals surface area contributed by atoms with E-state index in [9.17, 15) is 19.5 Å². The Kier molecular flexibility index (Phi) is 7.76. The average molecular weight is 573 g/mol. The monoisotopic (exact) mass is 572 g/mol. The molecule has 1 unspecified atom stereocenters. The van der Waals surface area contributed by atoms with Gasteiger partial charge in [-0.1, -0.05) is 47.7 Å². The molecular weight excluding hydrogens is 544 g/mol. The predicted molar refractivity (Wildman–Crippen MR) is 153 cm³/mol. The highest BCUT2D eigenvalue weighted by molar-refractivity contribution is 7.17. The Morgan fingerprint density at radius 1 is 1.05 bits per heavy atom. The van der Waals surface area contributed by atoms with Crippen LogP contribution >= 0.6 is 11.3 Å². The number of furan rings is 1. The zero-order valence-corrected chi connectivity index (χ0v) is 23.8. The normalized spacial score (nSPS) is 15.0. The minimum absolute atomic E-state index is 0.0173. The largest absolute Gasteiger partial charge is 0.503 e. The van der Waals surface area contributed by atoms with Crippen LogP contribution in [0, 0.1) is 13.8 Å². The zero-order valence-electron chi connectivity index (χ0n) is 23.0. The van der Waals surface area contributed by atoms with E-state index in [2.05, 4.69) is 4.98 Å². The fourth-order valence-corrected chi connectivity index (χ4v) is 5.66. The second-order valence-electron chi connectivity index (χ2n) is 9.46. The summed E-state index contributed by atoms with van der Waals surface area (Å²) in [5.41, 5.74) is 1.73. The van der Waals surface area contributed by atoms with Gasteiger partial charge in [0.2, 0.25) is 5.78 Å². The maximum Gasteiger partial charge on any atom is 0.296 e. The van der Waals surface area contributed by atoms with Crippen LogP contribution in [0.25, 0.3) is 0 Å². The average Bonchev–Trinajstić information content (AvgIpc) is 3.64. The van der Waals surface area contributed by atoms with Crippen molar-refractivity contribution in [1.82, 2.24) is 4.98 Å². The van der Waals surface area contributed by atoms with E-state index < -0.39 is 23.5 Å². The summed E-state index contributed by atoms with van der Waals surface area (Å²) in [5, 5.41) is 11.2. The molecule has 1 atom stereocenters. The zero-order chi connectivity index (χ0) is 29.3. The topological polar surface area (TPSA) is 119 Å². The molecule has 0 bridgehead atoms. The van der Waals surface area contributed by atoms with Gasteiger partial charge in [-0.15, -0.1) is 0 Å². The molecule has 0 aliphatic carbocycles. The number of nitrogens with zero attached hydrogens (tertiary/aromatic N) is 2. The Labute approximate surface area is 240 Å². The fraction of sp³-hybridized carbons (Fsp3) is 0.226. The SMILES string of the molecule is CCOc1cc(C2C(C(=O)c3ccc(C)o3)=C(O)C(=O)N2c2nc(C)c(C(C)=O)s2)ccc1OCc1ccccc1. The van der Waals surface area contributed by atoms with Crippen molar-refractivity contribution in [2.24, 2.45) is 0 Å². The summed E-state index contributed by atoms with van der Waals surface area (Å²) in [4.78, 5) is 45.5. The second-order valence-corrected chi connectivity index (χ2v) is 10.4. The standard InChI is InChI=1S/C31H28N2O7S/c1-5-38-24-15-21(12-14-22(24)39-16-20-9-7-6-8-10-20)26-25(27(35)23-13-11-17(2)40-23)28(36)30(37)33(26)31-32-18(3)29(41-31)19(4)34/h6-15,26,36H,5,16H2,1-4H3. The summed E-state index contributed by atoms with van der Waals surface area (Å²) < 4.78 is 17.5. The van der Waals surface area contributed by atoms with Crippen LogP contribution in [-0.4, -0.2) is 34.2 Å². The van der Waals surface area contributed by atoms with E-state index in [1.165, 1.54) is 17.9 Å². The Morgan fingerprint density at radius 3 is 2.44 bits per heavy atom. The Hall–Kier alpha value is -4.70. The number of aryl methyl sites for hydroxylation is 2. The number of ketones is 2. The Bertz CT molecular complexity index is 1670. The molecule has 2 aromatic heterocycles. The number of carbonyl (C=O) groups is 3. The molecular formula is C31H28N2O7S. The third kappa shape index (κ3) is 5.38. The van der Waals surface area contributed by atoms with Crippen molar-refractivity contribution in [3.8, 4) is 11.5 Å². The molecule has 1 aliphatic heterocycles. The van der Waals surface area contributed by atoms with E-state index in [0.717, 1.165) is 16.9 Å². The van der Waals surface area contributed by atoms with Crippen molar-refractivity contribution >= 4 is 33.9 Å². The van der Waals surface area contributed by atoms with Gasteiger partial charge in [0.25, 0.3) is 5.91 Å². The number of carbonyl (C=O) groups excluding carboxylic acids is 3. The maximum atomic E-state index is 13.7. The Balaban J connectivity index is 1.61. The van der Waals surface area contributed by atoms with Gasteiger partial charge >= 0.3 is 0 Å².